The Hall–Kier alpha value is -1.95. The van der Waals surface area contributed by atoms with Crippen LogP contribution in [-0.4, -0.2) is 24.4 Å². The molecule has 0 aliphatic carbocycles. The summed E-state index contributed by atoms with van der Waals surface area (Å²) in [6, 6.07) is 3.29. The summed E-state index contributed by atoms with van der Waals surface area (Å²) >= 11 is 6.16. The van der Waals surface area contributed by atoms with Crippen LogP contribution in [-0.2, 0) is 0 Å². The van der Waals surface area contributed by atoms with Crippen LogP contribution < -0.4 is 14.8 Å². The van der Waals surface area contributed by atoms with E-state index in [-0.39, 0.29) is 12.0 Å². The summed E-state index contributed by atoms with van der Waals surface area (Å²) in [6.45, 7) is 5.95. The number of aromatic nitrogens is 2. The van der Waals surface area contributed by atoms with E-state index in [1.807, 2.05) is 20.8 Å². The number of nitrogens with one attached hydrogen (secondary N) is 1. The number of hydrogen-bond acceptors (Lipinski definition) is 6. The van der Waals surface area contributed by atoms with Gasteiger partial charge in [0, 0.05) is 12.0 Å². The Morgan fingerprint density at radius 1 is 1.14 bits per heavy atom. The number of benzene rings is 1. The van der Waals surface area contributed by atoms with Crippen LogP contribution in [0, 0.1) is 0 Å². The van der Waals surface area contributed by atoms with E-state index in [2.05, 4.69) is 15.5 Å². The molecule has 0 unspecified atom stereocenters. The van der Waals surface area contributed by atoms with Crippen molar-refractivity contribution >= 4 is 17.3 Å². The van der Waals surface area contributed by atoms with Crippen molar-refractivity contribution < 1.29 is 14.0 Å². The largest absolute Gasteiger partial charge is 0.495 e. The van der Waals surface area contributed by atoms with Gasteiger partial charge in [0.2, 0.25) is 5.89 Å². The predicted molar refractivity (Wildman–Crippen MR) is 85.0 cm³/mol. The molecule has 1 atom stereocenters. The quantitative estimate of drug-likeness (QED) is 0.864. The first-order valence-electron chi connectivity index (χ1n) is 6.97. The van der Waals surface area contributed by atoms with E-state index in [4.69, 9.17) is 25.6 Å². The molecule has 0 radical (unpaired) electrons. The molecule has 7 heteroatoms. The highest BCUT2D eigenvalue weighted by atomic mass is 35.5. The second-order valence-electron chi connectivity index (χ2n) is 5.20. The van der Waals surface area contributed by atoms with Gasteiger partial charge < -0.3 is 19.3 Å². The topological polar surface area (TPSA) is 69.4 Å². The number of ether oxygens (including phenoxy) is 2. The number of nitrogens with zero attached hydrogens (tertiary/aromatic N) is 2. The maximum absolute atomic E-state index is 6.16. The Labute approximate surface area is 134 Å². The van der Waals surface area contributed by atoms with E-state index in [9.17, 15) is 0 Å². The Bertz CT molecular complexity index is 643. The van der Waals surface area contributed by atoms with Gasteiger partial charge in [0.05, 0.1) is 24.9 Å². The van der Waals surface area contributed by atoms with Crippen molar-refractivity contribution in [1.82, 2.24) is 10.1 Å². The van der Waals surface area contributed by atoms with Gasteiger partial charge in [-0.15, -0.1) is 0 Å². The van der Waals surface area contributed by atoms with Crippen molar-refractivity contribution in [2.24, 2.45) is 0 Å². The van der Waals surface area contributed by atoms with Gasteiger partial charge in [-0.3, -0.25) is 0 Å². The van der Waals surface area contributed by atoms with Gasteiger partial charge in [-0.05, 0) is 13.0 Å². The standard InChI is InChI=1S/C15H20ClN3O3/c1-8(2)14-18-15(22-19-14)9(3)17-11-6-10(16)12(20-4)7-13(11)21-5/h6-9,17H,1-5H3/t9-/m1/s1. The molecule has 1 aromatic carbocycles. The smallest absolute Gasteiger partial charge is 0.248 e. The minimum absolute atomic E-state index is 0.182. The van der Waals surface area contributed by atoms with E-state index in [0.717, 1.165) is 5.69 Å². The first-order chi connectivity index (χ1) is 10.5. The average molecular weight is 326 g/mol. The molecule has 2 aromatic rings. The normalized spacial score (nSPS) is 12.3. The van der Waals surface area contributed by atoms with Crippen LogP contribution in [0.4, 0.5) is 5.69 Å². The Morgan fingerprint density at radius 2 is 1.82 bits per heavy atom. The van der Waals surface area contributed by atoms with Crippen LogP contribution in [0.3, 0.4) is 0 Å². The van der Waals surface area contributed by atoms with E-state index in [1.54, 1.807) is 26.4 Å². The molecule has 0 saturated heterocycles. The van der Waals surface area contributed by atoms with Crippen LogP contribution >= 0.6 is 11.6 Å². The highest BCUT2D eigenvalue weighted by Crippen LogP contribution is 2.37. The van der Waals surface area contributed by atoms with Gasteiger partial charge >= 0.3 is 0 Å². The highest BCUT2D eigenvalue weighted by molar-refractivity contribution is 6.32. The molecule has 0 fully saturated rings. The average Bonchev–Trinajstić information content (AvgIpc) is 2.97. The molecule has 0 bridgehead atoms. The zero-order chi connectivity index (χ0) is 16.3. The number of anilines is 1. The third-order valence-electron chi connectivity index (χ3n) is 3.19. The second-order valence-corrected chi connectivity index (χ2v) is 5.61. The highest BCUT2D eigenvalue weighted by Gasteiger charge is 2.18. The number of hydrogen-bond donors (Lipinski definition) is 1. The van der Waals surface area contributed by atoms with Crippen LogP contribution in [0.15, 0.2) is 16.7 Å². The van der Waals surface area contributed by atoms with Crippen molar-refractivity contribution in [3.63, 3.8) is 0 Å². The minimum Gasteiger partial charge on any atom is -0.495 e. The first kappa shape index (κ1) is 16.4. The van der Waals surface area contributed by atoms with Gasteiger partial charge in [0.25, 0.3) is 0 Å². The van der Waals surface area contributed by atoms with Gasteiger partial charge in [-0.1, -0.05) is 30.6 Å². The van der Waals surface area contributed by atoms with Gasteiger partial charge in [-0.25, -0.2) is 0 Å². The molecule has 0 aliphatic rings. The van der Waals surface area contributed by atoms with E-state index in [0.29, 0.717) is 28.2 Å². The fraction of sp³-hybridized carbons (Fsp3) is 0.467. The summed E-state index contributed by atoms with van der Waals surface area (Å²) in [4.78, 5) is 4.38. The van der Waals surface area contributed by atoms with Crippen molar-refractivity contribution in [1.29, 1.82) is 0 Å². The molecule has 120 valence electrons. The van der Waals surface area contributed by atoms with Crippen LogP contribution in [0.5, 0.6) is 11.5 Å². The van der Waals surface area contributed by atoms with Crippen molar-refractivity contribution in [2.75, 3.05) is 19.5 Å². The van der Waals surface area contributed by atoms with Gasteiger partial charge in [0.1, 0.15) is 17.5 Å². The summed E-state index contributed by atoms with van der Waals surface area (Å²) in [5, 5.41) is 7.72. The van der Waals surface area contributed by atoms with Crippen LogP contribution in [0.25, 0.3) is 0 Å². The lowest BCUT2D eigenvalue weighted by Gasteiger charge is -2.16. The number of rotatable bonds is 6. The summed E-state index contributed by atoms with van der Waals surface area (Å²) < 4.78 is 15.8. The second kappa shape index (κ2) is 6.87. The number of methoxy groups -OCH3 is 2. The maximum Gasteiger partial charge on any atom is 0.248 e. The van der Waals surface area contributed by atoms with E-state index >= 15 is 0 Å². The summed E-state index contributed by atoms with van der Waals surface area (Å²) in [5.41, 5.74) is 0.727. The summed E-state index contributed by atoms with van der Waals surface area (Å²) in [5.74, 6) is 2.59. The molecule has 0 spiro atoms. The van der Waals surface area contributed by atoms with Crippen molar-refractivity contribution in [3.05, 3.63) is 28.9 Å². The lowest BCUT2D eigenvalue weighted by molar-refractivity contribution is 0.360. The zero-order valence-corrected chi connectivity index (χ0v) is 14.1. The molecule has 1 N–H and O–H groups in total. The Balaban J connectivity index is 2.23. The van der Waals surface area contributed by atoms with Gasteiger partial charge in [-0.2, -0.15) is 4.98 Å². The molecule has 22 heavy (non-hydrogen) atoms. The molecule has 1 heterocycles. The molecule has 1 aromatic heterocycles. The predicted octanol–water partition coefficient (Wildman–Crippen LogP) is 4.04. The molecule has 0 amide bonds. The molecular formula is C15H20ClN3O3. The molecule has 0 aliphatic heterocycles. The molecule has 0 saturated carbocycles. The third kappa shape index (κ3) is 3.44. The maximum atomic E-state index is 6.16. The lowest BCUT2D eigenvalue weighted by atomic mass is 10.2. The zero-order valence-electron chi connectivity index (χ0n) is 13.3. The van der Waals surface area contributed by atoms with Crippen molar-refractivity contribution in [2.45, 2.75) is 32.7 Å². The van der Waals surface area contributed by atoms with Gasteiger partial charge in [0.15, 0.2) is 5.82 Å². The van der Waals surface area contributed by atoms with E-state index in [1.165, 1.54) is 0 Å². The third-order valence-corrected chi connectivity index (χ3v) is 3.49. The fourth-order valence-corrected chi connectivity index (χ4v) is 2.17. The Morgan fingerprint density at radius 3 is 2.36 bits per heavy atom. The molecular weight excluding hydrogens is 306 g/mol. The number of halogens is 1. The van der Waals surface area contributed by atoms with Crippen LogP contribution in [0.2, 0.25) is 5.02 Å². The Kier molecular flexibility index (Phi) is 5.13. The monoisotopic (exact) mass is 325 g/mol. The summed E-state index contributed by atoms with van der Waals surface area (Å²) in [6.07, 6.45) is 0. The molecule has 6 nitrogen and oxygen atoms in total. The fourth-order valence-electron chi connectivity index (χ4n) is 1.93. The lowest BCUT2D eigenvalue weighted by Crippen LogP contribution is -2.08. The SMILES string of the molecule is COc1cc(OC)c(N[C@H](C)c2nc(C(C)C)no2)cc1Cl. The van der Waals surface area contributed by atoms with E-state index < -0.39 is 0 Å². The summed E-state index contributed by atoms with van der Waals surface area (Å²) in [7, 11) is 3.14. The first-order valence-corrected chi connectivity index (χ1v) is 7.35. The molecule has 2 rings (SSSR count). The minimum atomic E-state index is -0.182. The van der Waals surface area contributed by atoms with Crippen LogP contribution in [0.1, 0.15) is 44.4 Å². The van der Waals surface area contributed by atoms with Crippen molar-refractivity contribution in [3.8, 4) is 11.5 Å².